The van der Waals surface area contributed by atoms with Crippen molar-refractivity contribution >= 4 is 33.8 Å². The van der Waals surface area contributed by atoms with Crippen molar-refractivity contribution in [3.63, 3.8) is 0 Å². The van der Waals surface area contributed by atoms with Crippen LogP contribution in [-0.4, -0.2) is 46.8 Å². The van der Waals surface area contributed by atoms with Crippen molar-refractivity contribution < 1.29 is 27.5 Å². The van der Waals surface area contributed by atoms with Crippen LogP contribution in [0.1, 0.15) is 16.7 Å². The Hall–Kier alpha value is -4.18. The summed E-state index contributed by atoms with van der Waals surface area (Å²) in [6.45, 7) is 2.99. The van der Waals surface area contributed by atoms with E-state index in [0.29, 0.717) is 17.0 Å². The summed E-state index contributed by atoms with van der Waals surface area (Å²) in [6, 6.07) is 20.0. The van der Waals surface area contributed by atoms with E-state index in [-0.39, 0.29) is 11.5 Å². The molecule has 0 saturated carbocycles. The molecule has 3 rings (SSSR count). The highest BCUT2D eigenvalue weighted by Crippen LogP contribution is 2.27. The van der Waals surface area contributed by atoms with E-state index in [1.54, 1.807) is 61.5 Å². The minimum absolute atomic E-state index is 0.0741. The number of sulfonamides is 1. The Kier molecular flexibility index (Phi) is 8.80. The number of anilines is 1. The number of ether oxygens (including phenoxy) is 2. The number of hydrazone groups is 1. The van der Waals surface area contributed by atoms with Crippen molar-refractivity contribution in [3.8, 4) is 5.75 Å². The Morgan fingerprint density at radius 1 is 1.00 bits per heavy atom. The van der Waals surface area contributed by atoms with Crippen LogP contribution in [0.4, 0.5) is 5.69 Å². The van der Waals surface area contributed by atoms with Gasteiger partial charge in [-0.2, -0.15) is 5.10 Å². The highest BCUT2D eigenvalue weighted by Gasteiger charge is 2.28. The van der Waals surface area contributed by atoms with Crippen LogP contribution in [0.15, 0.2) is 82.8 Å². The van der Waals surface area contributed by atoms with E-state index >= 15 is 0 Å². The number of hydrogen-bond acceptors (Lipinski definition) is 7. The zero-order chi connectivity index (χ0) is 26.1. The lowest BCUT2D eigenvalue weighted by Crippen LogP contribution is -2.40. The summed E-state index contributed by atoms with van der Waals surface area (Å²) in [4.78, 5) is 24.1. The molecule has 0 spiro atoms. The van der Waals surface area contributed by atoms with E-state index in [0.717, 1.165) is 15.4 Å². The van der Waals surface area contributed by atoms with Crippen LogP contribution < -0.4 is 14.5 Å². The number of hydrogen-bond donors (Lipinski definition) is 1. The Morgan fingerprint density at radius 3 is 2.44 bits per heavy atom. The van der Waals surface area contributed by atoms with Crippen LogP contribution in [0.5, 0.6) is 5.75 Å². The maximum absolute atomic E-state index is 13.4. The maximum Gasteiger partial charge on any atom is 0.343 e. The Balaban J connectivity index is 1.76. The average Bonchev–Trinajstić information content (AvgIpc) is 2.87. The van der Waals surface area contributed by atoms with Crippen molar-refractivity contribution in [2.45, 2.75) is 18.7 Å². The fraction of sp³-hybridized carbons (Fsp3) is 0.192. The number of nitrogens with one attached hydrogen (secondary N) is 1. The van der Waals surface area contributed by atoms with Gasteiger partial charge in [0.15, 0.2) is 6.61 Å². The zero-order valence-corrected chi connectivity index (χ0v) is 21.0. The number of esters is 1. The summed E-state index contributed by atoms with van der Waals surface area (Å²) in [7, 11) is -2.75. The van der Waals surface area contributed by atoms with Crippen LogP contribution in [0, 0.1) is 13.8 Å². The third-order valence-corrected chi connectivity index (χ3v) is 6.86. The SMILES string of the molecule is COC(=O)COc1cccc(/C=N\NC(=O)CN(c2ccc(C)cc2C)S(=O)(=O)c2ccccc2)c1. The minimum Gasteiger partial charge on any atom is -0.482 e. The molecule has 3 aromatic carbocycles. The minimum atomic E-state index is -4.02. The molecule has 0 saturated heterocycles. The first-order valence-electron chi connectivity index (χ1n) is 11.0. The van der Waals surface area contributed by atoms with E-state index in [2.05, 4.69) is 15.3 Å². The fourth-order valence-electron chi connectivity index (χ4n) is 3.33. The van der Waals surface area contributed by atoms with Gasteiger partial charge in [-0.25, -0.2) is 18.6 Å². The van der Waals surface area contributed by atoms with Crippen LogP contribution in [0.2, 0.25) is 0 Å². The maximum atomic E-state index is 13.4. The Bertz CT molecular complexity index is 1360. The fourth-order valence-corrected chi connectivity index (χ4v) is 4.84. The van der Waals surface area contributed by atoms with Crippen LogP contribution >= 0.6 is 0 Å². The molecule has 0 heterocycles. The van der Waals surface area contributed by atoms with E-state index < -0.39 is 28.4 Å². The first-order chi connectivity index (χ1) is 17.2. The first-order valence-corrected chi connectivity index (χ1v) is 12.4. The molecule has 0 atom stereocenters. The van der Waals surface area contributed by atoms with Crippen molar-refractivity contribution in [1.29, 1.82) is 0 Å². The summed E-state index contributed by atoms with van der Waals surface area (Å²) < 4.78 is 37.8. The van der Waals surface area contributed by atoms with Crippen LogP contribution in [0.25, 0.3) is 0 Å². The van der Waals surface area contributed by atoms with Gasteiger partial charge >= 0.3 is 5.97 Å². The van der Waals surface area contributed by atoms with Gasteiger partial charge < -0.3 is 9.47 Å². The number of carbonyl (C=O) groups is 2. The lowest BCUT2D eigenvalue weighted by Gasteiger charge is -2.25. The van der Waals surface area contributed by atoms with Gasteiger partial charge in [0.1, 0.15) is 12.3 Å². The van der Waals surface area contributed by atoms with Gasteiger partial charge in [0.25, 0.3) is 15.9 Å². The molecule has 10 heteroatoms. The van der Waals surface area contributed by atoms with Crippen LogP contribution in [-0.2, 0) is 24.3 Å². The Labute approximate surface area is 210 Å². The molecule has 0 fully saturated rings. The average molecular weight is 510 g/mol. The molecule has 1 N–H and O–H groups in total. The molecule has 0 unspecified atom stereocenters. The number of benzene rings is 3. The van der Waals surface area contributed by atoms with Gasteiger partial charge in [0.2, 0.25) is 0 Å². The van der Waals surface area contributed by atoms with Gasteiger partial charge in [0, 0.05) is 0 Å². The monoisotopic (exact) mass is 509 g/mol. The summed E-state index contributed by atoms with van der Waals surface area (Å²) in [6.07, 6.45) is 1.38. The molecule has 3 aromatic rings. The van der Waals surface area contributed by atoms with E-state index in [1.165, 1.54) is 25.5 Å². The molecular formula is C26H27N3O6S. The lowest BCUT2D eigenvalue weighted by atomic mass is 10.1. The number of carbonyl (C=O) groups excluding carboxylic acids is 2. The lowest BCUT2D eigenvalue weighted by molar-refractivity contribution is -0.142. The quantitative estimate of drug-likeness (QED) is 0.255. The summed E-state index contributed by atoms with van der Waals surface area (Å²) in [5, 5.41) is 3.94. The van der Waals surface area contributed by atoms with E-state index in [1.807, 2.05) is 13.0 Å². The van der Waals surface area contributed by atoms with Crippen LogP contribution in [0.3, 0.4) is 0 Å². The normalized spacial score (nSPS) is 11.2. The second kappa shape index (κ2) is 12.0. The molecule has 188 valence electrons. The largest absolute Gasteiger partial charge is 0.482 e. The standard InChI is InChI=1S/C26H27N3O6S/c1-19-12-13-24(20(2)14-19)29(36(32,33)23-10-5-4-6-11-23)17-25(30)28-27-16-21-8-7-9-22(15-21)35-18-26(31)34-3/h4-16H,17-18H2,1-3H3,(H,28,30)/b27-16-. The van der Waals surface area contributed by atoms with Crippen molar-refractivity contribution in [1.82, 2.24) is 5.43 Å². The molecule has 0 aliphatic carbocycles. The molecule has 0 bridgehead atoms. The molecule has 9 nitrogen and oxygen atoms in total. The predicted octanol–water partition coefficient (Wildman–Crippen LogP) is 3.20. The molecule has 0 aliphatic rings. The molecule has 0 radical (unpaired) electrons. The number of rotatable bonds is 10. The number of aryl methyl sites for hydroxylation is 2. The van der Waals surface area contributed by atoms with Gasteiger partial charge in [-0.1, -0.05) is 48.0 Å². The summed E-state index contributed by atoms with van der Waals surface area (Å²) in [5.74, 6) is -0.713. The molecule has 0 aromatic heterocycles. The molecule has 36 heavy (non-hydrogen) atoms. The summed E-state index contributed by atoms with van der Waals surface area (Å²) >= 11 is 0. The predicted molar refractivity (Wildman–Crippen MR) is 137 cm³/mol. The topological polar surface area (TPSA) is 114 Å². The molecule has 0 aliphatic heterocycles. The third kappa shape index (κ3) is 6.92. The summed E-state index contributed by atoms with van der Waals surface area (Å²) in [5.41, 5.74) is 5.06. The smallest absolute Gasteiger partial charge is 0.343 e. The molecular weight excluding hydrogens is 482 g/mol. The van der Waals surface area contributed by atoms with Crippen molar-refractivity contribution in [2.24, 2.45) is 5.10 Å². The van der Waals surface area contributed by atoms with E-state index in [9.17, 15) is 18.0 Å². The van der Waals surface area contributed by atoms with Gasteiger partial charge in [0.05, 0.1) is 23.9 Å². The van der Waals surface area contributed by atoms with Crippen molar-refractivity contribution in [2.75, 3.05) is 24.6 Å². The number of methoxy groups -OCH3 is 1. The number of amides is 1. The Morgan fingerprint density at radius 2 is 1.75 bits per heavy atom. The second-order valence-electron chi connectivity index (χ2n) is 7.85. The van der Waals surface area contributed by atoms with Gasteiger partial charge in [-0.05, 0) is 55.3 Å². The van der Waals surface area contributed by atoms with Gasteiger partial charge in [-0.15, -0.1) is 0 Å². The highest BCUT2D eigenvalue weighted by molar-refractivity contribution is 7.92. The van der Waals surface area contributed by atoms with Gasteiger partial charge in [-0.3, -0.25) is 9.10 Å². The van der Waals surface area contributed by atoms with E-state index in [4.69, 9.17) is 4.74 Å². The third-order valence-electron chi connectivity index (χ3n) is 5.08. The number of nitrogens with zero attached hydrogens (tertiary/aromatic N) is 2. The first kappa shape index (κ1) is 26.4. The van der Waals surface area contributed by atoms with Crippen molar-refractivity contribution in [3.05, 3.63) is 89.5 Å². The highest BCUT2D eigenvalue weighted by atomic mass is 32.2. The molecule has 1 amide bonds. The zero-order valence-electron chi connectivity index (χ0n) is 20.2. The second-order valence-corrected chi connectivity index (χ2v) is 9.71.